The van der Waals surface area contributed by atoms with Gasteiger partial charge in [-0.3, -0.25) is 0 Å². The molecule has 2 aromatic heterocycles. The minimum atomic E-state index is -0.374. The summed E-state index contributed by atoms with van der Waals surface area (Å²) in [4.78, 5) is 0. The summed E-state index contributed by atoms with van der Waals surface area (Å²) in [5.74, 6) is 0. The van der Waals surface area contributed by atoms with E-state index in [1.807, 2.05) is 24.9 Å². The topological polar surface area (TPSA) is 22.4 Å². The summed E-state index contributed by atoms with van der Waals surface area (Å²) < 4.78 is 15.6. The minimum Gasteiger partial charge on any atom is -0.455 e. The van der Waals surface area contributed by atoms with E-state index < -0.39 is 0 Å². The normalized spacial score (nSPS) is 12.9. The first kappa shape index (κ1) is 26.9. The Balaban J connectivity index is 1.35. The highest BCUT2D eigenvalue weighted by Gasteiger charge is 2.34. The maximum Gasteiger partial charge on any atom is 0.331 e. The van der Waals surface area contributed by atoms with E-state index in [1.54, 1.807) is 0 Å². The average Bonchev–Trinajstić information content (AvgIpc) is 3.55. The van der Waals surface area contributed by atoms with E-state index in [4.69, 9.17) is 9.07 Å². The molecular weight excluding hydrogens is 562 g/mol. The lowest BCUT2D eigenvalue weighted by atomic mass is 9.81. The monoisotopic (exact) mass is 593 g/mol. The Morgan fingerprint density at radius 3 is 2.19 bits per heavy atom. The standard InChI is InChI=1S/C38H31BO2PS/c1-37(2,38(3,4)42)41-39-31-14-9-15-32-35(31)30-21-27(25-12-7-8-13-26(25)36(30)40-32)24-16-17-33-28(19-24)29-18-22-10-5-6-11-23(22)20-34(29)43-33/h5-21H,42H2,1-4H3. The molecule has 0 spiro atoms. The zero-order chi connectivity index (χ0) is 29.5. The Morgan fingerprint density at radius 2 is 1.40 bits per heavy atom. The van der Waals surface area contributed by atoms with Crippen molar-refractivity contribution in [2.75, 3.05) is 0 Å². The fourth-order valence-corrected chi connectivity index (χ4v) is 7.19. The highest BCUT2D eigenvalue weighted by molar-refractivity contribution is 7.25. The van der Waals surface area contributed by atoms with E-state index in [0.29, 0.717) is 0 Å². The summed E-state index contributed by atoms with van der Waals surface area (Å²) in [7, 11) is 4.82. The van der Waals surface area contributed by atoms with Crippen molar-refractivity contribution in [1.29, 1.82) is 0 Å². The van der Waals surface area contributed by atoms with Crippen LogP contribution in [0.15, 0.2) is 108 Å². The molecule has 0 aliphatic rings. The number of thiophene rings is 1. The van der Waals surface area contributed by atoms with Gasteiger partial charge >= 0.3 is 7.48 Å². The van der Waals surface area contributed by atoms with Crippen LogP contribution in [0.2, 0.25) is 0 Å². The Morgan fingerprint density at radius 1 is 0.674 bits per heavy atom. The van der Waals surface area contributed by atoms with E-state index in [1.165, 1.54) is 47.5 Å². The molecule has 0 fully saturated rings. The molecule has 1 radical (unpaired) electrons. The van der Waals surface area contributed by atoms with Gasteiger partial charge in [0.1, 0.15) is 11.2 Å². The average molecular weight is 594 g/mol. The number of furan rings is 1. The molecule has 1 atom stereocenters. The molecule has 8 rings (SSSR count). The number of fused-ring (bicyclic) bond motifs is 9. The highest BCUT2D eigenvalue weighted by atomic mass is 32.1. The van der Waals surface area contributed by atoms with Gasteiger partial charge in [-0.1, -0.05) is 80.6 Å². The zero-order valence-electron chi connectivity index (χ0n) is 24.7. The lowest BCUT2D eigenvalue weighted by molar-refractivity contribution is 0.0841. The first-order chi connectivity index (χ1) is 20.7. The lowest BCUT2D eigenvalue weighted by Gasteiger charge is -2.39. The van der Waals surface area contributed by atoms with Crippen molar-refractivity contribution in [3.8, 4) is 11.1 Å². The Hall–Kier alpha value is -3.69. The SMILES string of the molecule is CC(C)(P)C(C)(C)O[B]c1cccc2oc3c4ccccc4c(-c4ccc5sc6cc7ccccc7cc6c5c4)cc3c12. The van der Waals surface area contributed by atoms with E-state index in [9.17, 15) is 0 Å². The van der Waals surface area contributed by atoms with Crippen molar-refractivity contribution in [3.05, 3.63) is 103 Å². The molecule has 0 aliphatic heterocycles. The van der Waals surface area contributed by atoms with Crippen LogP contribution in [0, 0.1) is 0 Å². The van der Waals surface area contributed by atoms with Gasteiger partial charge in [0.2, 0.25) is 0 Å². The van der Waals surface area contributed by atoms with Gasteiger partial charge < -0.3 is 9.07 Å². The predicted molar refractivity (Wildman–Crippen MR) is 191 cm³/mol. The molecule has 209 valence electrons. The maximum absolute atomic E-state index is 6.57. The molecule has 6 aromatic carbocycles. The van der Waals surface area contributed by atoms with Gasteiger partial charge in [-0.15, -0.1) is 20.6 Å². The molecule has 2 heterocycles. The van der Waals surface area contributed by atoms with Crippen LogP contribution in [0.4, 0.5) is 0 Å². The first-order valence-corrected chi connectivity index (χ1v) is 16.1. The molecule has 5 heteroatoms. The summed E-state index contributed by atoms with van der Waals surface area (Å²) >= 11 is 1.87. The van der Waals surface area contributed by atoms with Gasteiger partial charge in [0.05, 0.1) is 5.60 Å². The maximum atomic E-state index is 6.57. The molecule has 0 amide bonds. The van der Waals surface area contributed by atoms with Crippen molar-refractivity contribution < 1.29 is 9.07 Å². The predicted octanol–water partition coefficient (Wildman–Crippen LogP) is 10.6. The van der Waals surface area contributed by atoms with Gasteiger partial charge in [-0.25, -0.2) is 0 Å². The molecule has 8 aromatic rings. The summed E-state index contributed by atoms with van der Waals surface area (Å²) in [5.41, 5.74) is 4.83. The highest BCUT2D eigenvalue weighted by Crippen LogP contribution is 2.43. The van der Waals surface area contributed by atoms with Gasteiger partial charge in [0, 0.05) is 41.5 Å². The minimum absolute atomic E-state index is 0.101. The molecular formula is C38H31BO2PS. The molecule has 0 N–H and O–H groups in total. The molecule has 0 saturated heterocycles. The van der Waals surface area contributed by atoms with Crippen LogP contribution in [0.1, 0.15) is 27.7 Å². The van der Waals surface area contributed by atoms with Crippen molar-refractivity contribution in [1.82, 2.24) is 0 Å². The Labute approximate surface area is 258 Å². The molecule has 43 heavy (non-hydrogen) atoms. The van der Waals surface area contributed by atoms with Crippen LogP contribution >= 0.6 is 20.6 Å². The smallest absolute Gasteiger partial charge is 0.331 e. The van der Waals surface area contributed by atoms with Gasteiger partial charge in [0.25, 0.3) is 0 Å². The van der Waals surface area contributed by atoms with Crippen LogP contribution in [0.25, 0.3) is 74.8 Å². The van der Waals surface area contributed by atoms with E-state index >= 15 is 0 Å². The van der Waals surface area contributed by atoms with E-state index in [-0.39, 0.29) is 10.8 Å². The zero-order valence-corrected chi connectivity index (χ0v) is 26.7. The summed E-state index contributed by atoms with van der Waals surface area (Å²) in [6.45, 7) is 8.60. The number of rotatable bonds is 5. The summed E-state index contributed by atoms with van der Waals surface area (Å²) in [6.07, 6.45) is 0. The first-order valence-electron chi connectivity index (χ1n) is 14.7. The second kappa shape index (κ2) is 9.66. The number of hydrogen-bond donors (Lipinski definition) is 0. The molecule has 1 unspecified atom stereocenters. The van der Waals surface area contributed by atoms with Crippen LogP contribution in [0.5, 0.6) is 0 Å². The third-order valence-electron chi connectivity index (χ3n) is 9.22. The van der Waals surface area contributed by atoms with Crippen molar-refractivity contribution in [2.24, 2.45) is 0 Å². The van der Waals surface area contributed by atoms with Gasteiger partial charge in [-0.2, -0.15) is 0 Å². The molecule has 0 aliphatic carbocycles. The van der Waals surface area contributed by atoms with E-state index in [2.05, 4.69) is 134 Å². The van der Waals surface area contributed by atoms with E-state index in [0.717, 1.165) is 32.8 Å². The summed E-state index contributed by atoms with van der Waals surface area (Å²) in [5, 5.41) is 9.55. The van der Waals surface area contributed by atoms with Crippen molar-refractivity contribution >= 4 is 97.2 Å². The van der Waals surface area contributed by atoms with Crippen molar-refractivity contribution in [3.63, 3.8) is 0 Å². The third-order valence-corrected chi connectivity index (χ3v) is 11.0. The quantitative estimate of drug-likeness (QED) is 0.146. The molecule has 0 saturated carbocycles. The second-order valence-corrected chi connectivity index (χ2v) is 15.2. The number of hydrogen-bond acceptors (Lipinski definition) is 3. The van der Waals surface area contributed by atoms with Crippen LogP contribution in [-0.2, 0) is 4.65 Å². The lowest BCUT2D eigenvalue weighted by Crippen LogP contribution is -2.45. The van der Waals surface area contributed by atoms with Crippen LogP contribution < -0.4 is 5.46 Å². The largest absolute Gasteiger partial charge is 0.455 e. The fraction of sp³-hybridized carbons (Fsp3) is 0.158. The van der Waals surface area contributed by atoms with Crippen LogP contribution in [0.3, 0.4) is 0 Å². The van der Waals surface area contributed by atoms with Gasteiger partial charge in [0.15, 0.2) is 0 Å². The third kappa shape index (κ3) is 4.31. The van der Waals surface area contributed by atoms with Gasteiger partial charge in [-0.05, 0) is 83.0 Å². The number of benzene rings is 6. The molecule has 0 bridgehead atoms. The van der Waals surface area contributed by atoms with Crippen molar-refractivity contribution in [2.45, 2.75) is 38.5 Å². The molecule has 2 nitrogen and oxygen atoms in total. The second-order valence-electron chi connectivity index (χ2n) is 12.6. The van der Waals surface area contributed by atoms with Crippen LogP contribution in [-0.4, -0.2) is 18.2 Å². The Bertz CT molecular complexity index is 2370. The Kier molecular flexibility index (Phi) is 6.04. The fourth-order valence-electron chi connectivity index (χ4n) is 6.01. The summed E-state index contributed by atoms with van der Waals surface area (Å²) in [6, 6.07) is 37.4.